The van der Waals surface area contributed by atoms with Crippen molar-refractivity contribution in [1.29, 1.82) is 0 Å². The predicted molar refractivity (Wildman–Crippen MR) is 93.3 cm³/mol. The summed E-state index contributed by atoms with van der Waals surface area (Å²) in [5, 5.41) is 10.4. The molecule has 2 rings (SSSR count). The van der Waals surface area contributed by atoms with E-state index in [1.54, 1.807) is 14.2 Å². The normalized spacial score (nSPS) is 19.5. The van der Waals surface area contributed by atoms with Gasteiger partial charge in [-0.05, 0) is 61.9 Å². The summed E-state index contributed by atoms with van der Waals surface area (Å²) in [6, 6.07) is 4.42. The van der Waals surface area contributed by atoms with Gasteiger partial charge in [0.2, 0.25) is 0 Å². The highest BCUT2D eigenvalue weighted by Crippen LogP contribution is 2.39. The first kappa shape index (κ1) is 18.1. The second-order valence-corrected chi connectivity index (χ2v) is 7.01. The quantitative estimate of drug-likeness (QED) is 0.835. The lowest BCUT2D eigenvalue weighted by atomic mass is 9.88. The number of ether oxygens (including phenoxy) is 2. The van der Waals surface area contributed by atoms with Crippen LogP contribution in [0.2, 0.25) is 0 Å². The molecule has 130 valence electrons. The number of rotatable bonds is 7. The van der Waals surface area contributed by atoms with Crippen LogP contribution in [0.4, 0.5) is 0 Å². The third-order valence-electron chi connectivity index (χ3n) is 4.84. The van der Waals surface area contributed by atoms with E-state index >= 15 is 0 Å². The van der Waals surface area contributed by atoms with Crippen LogP contribution >= 0.6 is 0 Å². The Morgan fingerprint density at radius 2 is 1.83 bits per heavy atom. The fourth-order valence-corrected chi connectivity index (χ4v) is 3.36. The maximum atomic E-state index is 10.4. The van der Waals surface area contributed by atoms with Crippen LogP contribution in [0.3, 0.4) is 0 Å². The van der Waals surface area contributed by atoms with Gasteiger partial charge in [-0.25, -0.2) is 0 Å². The molecule has 4 heteroatoms. The number of methoxy groups -OCH3 is 2. The highest BCUT2D eigenvalue weighted by Gasteiger charge is 2.28. The molecule has 1 aliphatic heterocycles. The average Bonchev–Trinajstić information content (AvgIpc) is 2.54. The fraction of sp³-hybridized carbons (Fsp3) is 0.684. The van der Waals surface area contributed by atoms with Crippen molar-refractivity contribution < 1.29 is 14.6 Å². The fourth-order valence-electron chi connectivity index (χ4n) is 3.36. The van der Waals surface area contributed by atoms with E-state index in [0.717, 1.165) is 43.7 Å². The summed E-state index contributed by atoms with van der Waals surface area (Å²) in [4.78, 5) is 2.34. The van der Waals surface area contributed by atoms with Gasteiger partial charge in [0.05, 0.1) is 20.3 Å². The zero-order chi connectivity index (χ0) is 17.0. The molecule has 0 saturated heterocycles. The van der Waals surface area contributed by atoms with E-state index in [4.69, 9.17) is 9.47 Å². The van der Waals surface area contributed by atoms with Crippen LogP contribution in [0.15, 0.2) is 12.1 Å². The van der Waals surface area contributed by atoms with Crippen molar-refractivity contribution in [3.8, 4) is 11.5 Å². The van der Waals surface area contributed by atoms with Gasteiger partial charge in [0.25, 0.3) is 0 Å². The summed E-state index contributed by atoms with van der Waals surface area (Å²) < 4.78 is 10.9. The molecular formula is C19H31NO3. The van der Waals surface area contributed by atoms with E-state index in [-0.39, 0.29) is 12.1 Å². The lowest BCUT2D eigenvalue weighted by Crippen LogP contribution is -2.34. The smallest absolute Gasteiger partial charge is 0.161 e. The monoisotopic (exact) mass is 321 g/mol. The lowest BCUT2D eigenvalue weighted by Gasteiger charge is -2.36. The van der Waals surface area contributed by atoms with Crippen LogP contribution < -0.4 is 9.47 Å². The summed E-state index contributed by atoms with van der Waals surface area (Å²) >= 11 is 0. The van der Waals surface area contributed by atoms with Crippen LogP contribution in [0, 0.1) is 5.92 Å². The molecule has 0 saturated carbocycles. The third kappa shape index (κ3) is 4.39. The lowest BCUT2D eigenvalue weighted by molar-refractivity contribution is 0.0977. The maximum Gasteiger partial charge on any atom is 0.161 e. The zero-order valence-corrected chi connectivity index (χ0v) is 15.1. The van der Waals surface area contributed by atoms with Crippen molar-refractivity contribution in [3.05, 3.63) is 23.3 Å². The van der Waals surface area contributed by atoms with Crippen LogP contribution in [-0.2, 0) is 6.42 Å². The number of aliphatic hydroxyl groups excluding tert-OH is 1. The van der Waals surface area contributed by atoms with Gasteiger partial charge < -0.3 is 14.6 Å². The van der Waals surface area contributed by atoms with E-state index in [9.17, 15) is 5.11 Å². The van der Waals surface area contributed by atoms with Gasteiger partial charge >= 0.3 is 0 Å². The molecule has 23 heavy (non-hydrogen) atoms. The van der Waals surface area contributed by atoms with Crippen LogP contribution in [0.5, 0.6) is 11.5 Å². The average molecular weight is 321 g/mol. The van der Waals surface area contributed by atoms with Gasteiger partial charge in [-0.3, -0.25) is 4.90 Å². The summed E-state index contributed by atoms with van der Waals surface area (Å²) in [6.45, 7) is 5.40. The number of fused-ring (bicyclic) bond motifs is 1. The molecule has 2 unspecified atom stereocenters. The maximum absolute atomic E-state index is 10.4. The van der Waals surface area contributed by atoms with Gasteiger partial charge in [0.1, 0.15) is 0 Å². The molecule has 1 aliphatic rings. The minimum absolute atomic E-state index is 0.237. The van der Waals surface area contributed by atoms with Gasteiger partial charge in [-0.15, -0.1) is 0 Å². The molecular weight excluding hydrogens is 290 g/mol. The number of nitrogens with zero attached hydrogens (tertiary/aromatic N) is 1. The van der Waals surface area contributed by atoms with Crippen molar-refractivity contribution in [3.63, 3.8) is 0 Å². The van der Waals surface area contributed by atoms with Crippen molar-refractivity contribution in [2.75, 3.05) is 27.8 Å². The highest BCUT2D eigenvalue weighted by atomic mass is 16.5. The molecule has 1 aromatic carbocycles. The van der Waals surface area contributed by atoms with Crippen molar-refractivity contribution in [2.24, 2.45) is 5.92 Å². The minimum atomic E-state index is -0.260. The Labute approximate surface area is 140 Å². The van der Waals surface area contributed by atoms with Crippen molar-refractivity contribution in [1.82, 2.24) is 4.90 Å². The standard InChI is InChI=1S/C19H31NO3/c1-13(2)6-7-15(21)11-17-16-12-19(23-5)18(22-4)10-14(16)8-9-20(17)3/h10,12-13,15,17,21H,6-9,11H2,1-5H3. The molecule has 0 spiro atoms. The third-order valence-corrected chi connectivity index (χ3v) is 4.84. The van der Waals surface area contributed by atoms with Crippen LogP contribution in [-0.4, -0.2) is 43.9 Å². The summed E-state index contributed by atoms with van der Waals surface area (Å²) in [7, 11) is 5.48. The van der Waals surface area contributed by atoms with E-state index in [0.29, 0.717) is 5.92 Å². The highest BCUT2D eigenvalue weighted by molar-refractivity contribution is 5.49. The molecule has 0 fully saturated rings. The van der Waals surface area contributed by atoms with Gasteiger partial charge in [0.15, 0.2) is 11.5 Å². The Morgan fingerprint density at radius 3 is 2.43 bits per heavy atom. The topological polar surface area (TPSA) is 41.9 Å². The number of likely N-dealkylation sites (N-methyl/N-ethyl adjacent to an activating group) is 1. The van der Waals surface area contributed by atoms with E-state index in [2.05, 4.69) is 37.9 Å². The second-order valence-electron chi connectivity index (χ2n) is 7.01. The molecule has 2 atom stereocenters. The first-order chi connectivity index (χ1) is 11.0. The number of benzene rings is 1. The van der Waals surface area contributed by atoms with Gasteiger partial charge in [-0.1, -0.05) is 13.8 Å². The molecule has 0 amide bonds. The van der Waals surface area contributed by atoms with E-state index in [1.165, 1.54) is 11.1 Å². The van der Waals surface area contributed by atoms with E-state index < -0.39 is 0 Å². The Balaban J connectivity index is 2.21. The molecule has 4 nitrogen and oxygen atoms in total. The first-order valence-electron chi connectivity index (χ1n) is 8.59. The zero-order valence-electron chi connectivity index (χ0n) is 15.1. The SMILES string of the molecule is COc1cc2c(cc1OC)C(CC(O)CCC(C)C)N(C)CC2. The Bertz CT molecular complexity index is 516. The van der Waals surface area contributed by atoms with E-state index in [1.807, 2.05) is 0 Å². The Kier molecular flexibility index (Phi) is 6.31. The van der Waals surface area contributed by atoms with Gasteiger partial charge in [0, 0.05) is 12.6 Å². The summed E-state index contributed by atoms with van der Waals surface area (Å²) in [5.74, 6) is 2.18. The number of aliphatic hydroxyl groups is 1. The minimum Gasteiger partial charge on any atom is -0.493 e. The first-order valence-corrected chi connectivity index (χ1v) is 8.59. The van der Waals surface area contributed by atoms with Crippen LogP contribution in [0.1, 0.15) is 50.3 Å². The Morgan fingerprint density at radius 1 is 1.17 bits per heavy atom. The molecule has 1 aromatic rings. The van der Waals surface area contributed by atoms with Crippen molar-refractivity contribution in [2.45, 2.75) is 51.7 Å². The molecule has 0 radical (unpaired) electrons. The molecule has 0 aliphatic carbocycles. The molecule has 1 N–H and O–H groups in total. The molecule has 1 heterocycles. The number of hydrogen-bond donors (Lipinski definition) is 1. The van der Waals surface area contributed by atoms with Crippen LogP contribution in [0.25, 0.3) is 0 Å². The predicted octanol–water partition coefficient (Wildman–Crippen LogP) is 3.42. The molecule has 0 bridgehead atoms. The second kappa shape index (κ2) is 8.02. The Hall–Kier alpha value is -1.26. The number of hydrogen-bond acceptors (Lipinski definition) is 4. The summed E-state index contributed by atoms with van der Waals surface area (Å²) in [6.07, 6.45) is 3.45. The molecule has 0 aromatic heterocycles. The largest absolute Gasteiger partial charge is 0.493 e. The summed E-state index contributed by atoms with van der Waals surface area (Å²) in [5.41, 5.74) is 2.57. The van der Waals surface area contributed by atoms with Crippen molar-refractivity contribution >= 4 is 0 Å². The van der Waals surface area contributed by atoms with Gasteiger partial charge in [-0.2, -0.15) is 0 Å².